The highest BCUT2D eigenvalue weighted by Gasteiger charge is 2.32. The predicted octanol–water partition coefficient (Wildman–Crippen LogP) is 2.73. The molecule has 0 spiro atoms. The Kier molecular flexibility index (Phi) is 5.06. The molecule has 3 rings (SSSR count). The number of allylic oxidation sites excluding steroid dienone is 1. The zero-order valence-electron chi connectivity index (χ0n) is 14.5. The number of fused-ring (bicyclic) bond motifs is 3. The number of carboxylic acids is 1. The van der Waals surface area contributed by atoms with E-state index in [1.54, 1.807) is 11.7 Å². The van der Waals surface area contributed by atoms with Gasteiger partial charge in [0.25, 0.3) is 5.56 Å². The molecular weight excluding hydrogens is 340 g/mol. The lowest BCUT2D eigenvalue weighted by Gasteiger charge is -2.19. The maximum atomic E-state index is 13.2. The van der Waals surface area contributed by atoms with Gasteiger partial charge in [-0.25, -0.2) is 4.98 Å². The summed E-state index contributed by atoms with van der Waals surface area (Å²) in [7, 11) is 1.61. The first kappa shape index (κ1) is 17.8. The largest absolute Gasteiger partial charge is 0.481 e. The summed E-state index contributed by atoms with van der Waals surface area (Å²) < 4.78 is 6.75. The minimum Gasteiger partial charge on any atom is -0.481 e. The Hall–Kier alpha value is -1.99. The summed E-state index contributed by atoms with van der Waals surface area (Å²) in [5.74, 6) is -0.821. The van der Waals surface area contributed by atoms with Crippen LogP contribution < -0.4 is 5.56 Å². The van der Waals surface area contributed by atoms with Gasteiger partial charge in [-0.05, 0) is 31.7 Å². The van der Waals surface area contributed by atoms with E-state index in [1.165, 1.54) is 11.3 Å². The first-order chi connectivity index (χ1) is 11.9. The molecule has 134 valence electrons. The molecule has 2 aromatic rings. The Labute approximate surface area is 149 Å². The average Bonchev–Trinajstić information content (AvgIpc) is 2.93. The molecule has 25 heavy (non-hydrogen) atoms. The first-order valence-electron chi connectivity index (χ1n) is 8.35. The van der Waals surface area contributed by atoms with Crippen molar-refractivity contribution in [2.24, 2.45) is 0 Å². The molecule has 0 bridgehead atoms. The lowest BCUT2D eigenvalue weighted by atomic mass is 9.86. The third-order valence-corrected chi connectivity index (χ3v) is 5.66. The van der Waals surface area contributed by atoms with E-state index < -0.39 is 11.9 Å². The Balaban J connectivity index is 2.27. The number of thiophene rings is 1. The van der Waals surface area contributed by atoms with Crippen LogP contribution in [0.15, 0.2) is 16.9 Å². The number of aryl methyl sites for hydroxylation is 1. The summed E-state index contributed by atoms with van der Waals surface area (Å²) >= 11 is 1.46. The van der Waals surface area contributed by atoms with Crippen molar-refractivity contribution in [3.05, 3.63) is 38.8 Å². The third-order valence-electron chi connectivity index (χ3n) is 4.51. The Morgan fingerprint density at radius 3 is 2.92 bits per heavy atom. The van der Waals surface area contributed by atoms with E-state index in [1.807, 2.05) is 6.92 Å². The number of methoxy groups -OCH3 is 1. The average molecular weight is 362 g/mol. The Morgan fingerprint density at radius 2 is 2.28 bits per heavy atom. The van der Waals surface area contributed by atoms with Crippen molar-refractivity contribution in [2.45, 2.75) is 45.1 Å². The van der Waals surface area contributed by atoms with Gasteiger partial charge in [0.15, 0.2) is 0 Å². The van der Waals surface area contributed by atoms with Gasteiger partial charge in [-0.2, -0.15) is 0 Å². The number of rotatable bonds is 6. The van der Waals surface area contributed by atoms with Gasteiger partial charge in [0, 0.05) is 25.0 Å². The summed E-state index contributed by atoms with van der Waals surface area (Å²) in [6, 6.07) is 0. The summed E-state index contributed by atoms with van der Waals surface area (Å²) in [6.45, 7) is 6.61. The lowest BCUT2D eigenvalue weighted by Crippen LogP contribution is -2.28. The topological polar surface area (TPSA) is 81.4 Å². The zero-order valence-corrected chi connectivity index (χ0v) is 15.3. The number of ether oxygens (including phenoxy) is 1. The highest BCUT2D eigenvalue weighted by molar-refractivity contribution is 7.18. The molecule has 1 unspecified atom stereocenters. The lowest BCUT2D eigenvalue weighted by molar-refractivity contribution is -0.139. The fourth-order valence-electron chi connectivity index (χ4n) is 3.42. The standard InChI is InChI=1S/C18H22N2O4S/c1-10(2)9-20-13(7-8-24-3)19-16-15(17(20)21)14-11(18(22)23)5-4-6-12(14)25-16/h11H,1,4-9H2,2-3H3,(H,22,23). The van der Waals surface area contributed by atoms with Gasteiger partial charge in [0.2, 0.25) is 0 Å². The summed E-state index contributed by atoms with van der Waals surface area (Å²) in [5.41, 5.74) is 1.37. The summed E-state index contributed by atoms with van der Waals surface area (Å²) in [4.78, 5) is 31.2. The van der Waals surface area contributed by atoms with Gasteiger partial charge in [-0.15, -0.1) is 11.3 Å². The van der Waals surface area contributed by atoms with Gasteiger partial charge in [-0.1, -0.05) is 12.2 Å². The highest BCUT2D eigenvalue weighted by atomic mass is 32.1. The number of carbonyl (C=O) groups is 1. The van der Waals surface area contributed by atoms with Crippen LogP contribution in [0, 0.1) is 0 Å². The molecule has 0 aromatic carbocycles. The number of aromatic nitrogens is 2. The highest BCUT2D eigenvalue weighted by Crippen LogP contribution is 2.40. The van der Waals surface area contributed by atoms with Crippen LogP contribution in [0.2, 0.25) is 0 Å². The van der Waals surface area contributed by atoms with Crippen molar-refractivity contribution < 1.29 is 14.6 Å². The maximum Gasteiger partial charge on any atom is 0.311 e. The maximum absolute atomic E-state index is 13.2. The second kappa shape index (κ2) is 7.09. The number of nitrogens with zero attached hydrogens (tertiary/aromatic N) is 2. The van der Waals surface area contributed by atoms with Gasteiger partial charge in [0.05, 0.1) is 17.9 Å². The molecule has 0 amide bonds. The normalized spacial score (nSPS) is 16.8. The van der Waals surface area contributed by atoms with E-state index in [0.29, 0.717) is 47.6 Å². The second-order valence-corrected chi connectivity index (χ2v) is 7.60. The van der Waals surface area contributed by atoms with E-state index in [2.05, 4.69) is 6.58 Å². The molecule has 1 aliphatic carbocycles. The minimum absolute atomic E-state index is 0.162. The fourth-order valence-corrected chi connectivity index (χ4v) is 4.71. The Bertz CT molecular complexity index is 897. The van der Waals surface area contributed by atoms with Crippen LogP contribution in [0.4, 0.5) is 0 Å². The molecule has 0 aliphatic heterocycles. The van der Waals surface area contributed by atoms with Crippen LogP contribution in [-0.2, 0) is 28.9 Å². The molecular formula is C18H22N2O4S. The second-order valence-electron chi connectivity index (χ2n) is 6.52. The van der Waals surface area contributed by atoms with Crippen LogP contribution in [-0.4, -0.2) is 34.3 Å². The van der Waals surface area contributed by atoms with E-state index in [4.69, 9.17) is 9.72 Å². The van der Waals surface area contributed by atoms with Crippen molar-refractivity contribution in [2.75, 3.05) is 13.7 Å². The van der Waals surface area contributed by atoms with Crippen molar-refractivity contribution in [3.8, 4) is 0 Å². The van der Waals surface area contributed by atoms with E-state index >= 15 is 0 Å². The van der Waals surface area contributed by atoms with Gasteiger partial charge in [0.1, 0.15) is 10.7 Å². The molecule has 1 aliphatic rings. The summed E-state index contributed by atoms with van der Waals surface area (Å²) in [6.07, 6.45) is 2.74. The van der Waals surface area contributed by atoms with E-state index in [-0.39, 0.29) is 5.56 Å². The van der Waals surface area contributed by atoms with Crippen molar-refractivity contribution in [1.82, 2.24) is 9.55 Å². The van der Waals surface area contributed by atoms with E-state index in [9.17, 15) is 14.7 Å². The van der Waals surface area contributed by atoms with E-state index in [0.717, 1.165) is 23.3 Å². The van der Waals surface area contributed by atoms with Gasteiger partial charge in [-0.3, -0.25) is 14.2 Å². The molecule has 0 radical (unpaired) electrons. The van der Waals surface area contributed by atoms with Gasteiger partial charge < -0.3 is 9.84 Å². The van der Waals surface area contributed by atoms with Crippen molar-refractivity contribution in [3.63, 3.8) is 0 Å². The smallest absolute Gasteiger partial charge is 0.311 e. The van der Waals surface area contributed by atoms with Crippen LogP contribution in [0.5, 0.6) is 0 Å². The van der Waals surface area contributed by atoms with Crippen molar-refractivity contribution >= 4 is 27.5 Å². The molecule has 1 atom stereocenters. The molecule has 2 heterocycles. The molecule has 1 N–H and O–H groups in total. The number of hydrogen-bond donors (Lipinski definition) is 1. The molecule has 0 saturated heterocycles. The molecule has 0 saturated carbocycles. The minimum atomic E-state index is -0.866. The van der Waals surface area contributed by atoms with Crippen LogP contribution >= 0.6 is 11.3 Å². The van der Waals surface area contributed by atoms with Crippen LogP contribution in [0.3, 0.4) is 0 Å². The molecule has 6 nitrogen and oxygen atoms in total. The number of hydrogen-bond acceptors (Lipinski definition) is 5. The monoisotopic (exact) mass is 362 g/mol. The molecule has 7 heteroatoms. The SMILES string of the molecule is C=C(C)Cn1c(CCOC)nc2sc3c(c2c1=O)C(C(=O)O)CCC3. The predicted molar refractivity (Wildman–Crippen MR) is 97.6 cm³/mol. The van der Waals surface area contributed by atoms with Crippen LogP contribution in [0.1, 0.15) is 41.9 Å². The first-order valence-corrected chi connectivity index (χ1v) is 9.16. The zero-order chi connectivity index (χ0) is 18.1. The molecule has 0 fully saturated rings. The number of carboxylic acid groups (broad SMARTS) is 1. The Morgan fingerprint density at radius 1 is 1.52 bits per heavy atom. The quantitative estimate of drug-likeness (QED) is 0.799. The fraction of sp³-hybridized carbons (Fsp3) is 0.500. The van der Waals surface area contributed by atoms with Gasteiger partial charge >= 0.3 is 5.97 Å². The van der Waals surface area contributed by atoms with Crippen molar-refractivity contribution in [1.29, 1.82) is 0 Å². The number of aliphatic carboxylic acids is 1. The third kappa shape index (κ3) is 3.26. The van der Waals surface area contributed by atoms with Crippen LogP contribution in [0.25, 0.3) is 10.2 Å². The molecule has 2 aromatic heterocycles. The summed E-state index contributed by atoms with van der Waals surface area (Å²) in [5, 5.41) is 10.1.